The minimum absolute atomic E-state index is 0.0229. The van der Waals surface area contributed by atoms with Gasteiger partial charge in [-0.2, -0.15) is 0 Å². The monoisotopic (exact) mass is 251 g/mol. The molecule has 98 valence electrons. The molecule has 2 unspecified atom stereocenters. The topological polar surface area (TPSA) is 59.2 Å². The standard InChI is InChI=1S/C13H18FN3O/c1-3-9-5-4-8(2)17(9)13(18)10-6-7-16-12(15)11(10)14/h6-9H,3-5H2,1-2H3,(H2,15,16). The van der Waals surface area contributed by atoms with Crippen molar-refractivity contribution in [3.05, 3.63) is 23.6 Å². The number of halogens is 1. The Morgan fingerprint density at radius 1 is 1.61 bits per heavy atom. The lowest BCUT2D eigenvalue weighted by Gasteiger charge is -2.28. The highest BCUT2D eigenvalue weighted by Gasteiger charge is 2.34. The van der Waals surface area contributed by atoms with Gasteiger partial charge >= 0.3 is 0 Å². The highest BCUT2D eigenvalue weighted by atomic mass is 19.1. The first-order valence-electron chi connectivity index (χ1n) is 6.28. The molecule has 1 saturated heterocycles. The second-order valence-corrected chi connectivity index (χ2v) is 4.76. The number of aromatic nitrogens is 1. The van der Waals surface area contributed by atoms with Gasteiger partial charge in [-0.05, 0) is 32.3 Å². The van der Waals surface area contributed by atoms with E-state index in [1.807, 2.05) is 13.8 Å². The van der Waals surface area contributed by atoms with Gasteiger partial charge in [0.1, 0.15) is 0 Å². The van der Waals surface area contributed by atoms with Crippen molar-refractivity contribution in [3.63, 3.8) is 0 Å². The summed E-state index contributed by atoms with van der Waals surface area (Å²) < 4.78 is 13.8. The predicted octanol–water partition coefficient (Wildman–Crippen LogP) is 2.21. The largest absolute Gasteiger partial charge is 0.381 e. The third-order valence-electron chi connectivity index (χ3n) is 3.64. The summed E-state index contributed by atoms with van der Waals surface area (Å²) in [7, 11) is 0. The van der Waals surface area contributed by atoms with Crippen LogP contribution >= 0.6 is 0 Å². The van der Waals surface area contributed by atoms with E-state index in [1.54, 1.807) is 4.90 Å². The molecule has 1 aromatic heterocycles. The second-order valence-electron chi connectivity index (χ2n) is 4.76. The lowest BCUT2D eigenvalue weighted by molar-refractivity contribution is 0.0671. The Kier molecular flexibility index (Phi) is 3.50. The van der Waals surface area contributed by atoms with E-state index in [4.69, 9.17) is 5.73 Å². The van der Waals surface area contributed by atoms with E-state index in [9.17, 15) is 9.18 Å². The number of anilines is 1. The summed E-state index contributed by atoms with van der Waals surface area (Å²) in [5.41, 5.74) is 5.42. The first kappa shape index (κ1) is 12.8. The molecule has 2 heterocycles. The molecule has 1 aliphatic heterocycles. The number of carbonyl (C=O) groups excluding carboxylic acids is 1. The van der Waals surface area contributed by atoms with Crippen LogP contribution in [0.25, 0.3) is 0 Å². The van der Waals surface area contributed by atoms with Gasteiger partial charge < -0.3 is 10.6 Å². The third kappa shape index (κ3) is 2.05. The van der Waals surface area contributed by atoms with Crippen molar-refractivity contribution in [2.24, 2.45) is 0 Å². The van der Waals surface area contributed by atoms with E-state index in [0.29, 0.717) is 0 Å². The minimum atomic E-state index is -0.712. The van der Waals surface area contributed by atoms with Crippen molar-refractivity contribution in [3.8, 4) is 0 Å². The average molecular weight is 251 g/mol. The number of pyridine rings is 1. The quantitative estimate of drug-likeness (QED) is 0.876. The van der Waals surface area contributed by atoms with E-state index >= 15 is 0 Å². The highest BCUT2D eigenvalue weighted by Crippen LogP contribution is 2.28. The number of hydrogen-bond donors (Lipinski definition) is 1. The number of nitrogens with two attached hydrogens (primary N) is 1. The molecule has 0 spiro atoms. The molecule has 2 N–H and O–H groups in total. The van der Waals surface area contributed by atoms with E-state index in [-0.39, 0.29) is 29.4 Å². The molecule has 0 radical (unpaired) electrons. The lowest BCUT2D eigenvalue weighted by Crippen LogP contribution is -2.40. The Labute approximate surface area is 106 Å². The average Bonchev–Trinajstić information content (AvgIpc) is 2.73. The maximum absolute atomic E-state index is 13.8. The highest BCUT2D eigenvalue weighted by molar-refractivity contribution is 5.95. The van der Waals surface area contributed by atoms with Crippen molar-refractivity contribution in [2.45, 2.75) is 45.2 Å². The minimum Gasteiger partial charge on any atom is -0.381 e. The van der Waals surface area contributed by atoms with E-state index in [0.717, 1.165) is 19.3 Å². The van der Waals surface area contributed by atoms with Crippen molar-refractivity contribution in [1.82, 2.24) is 9.88 Å². The SMILES string of the molecule is CCC1CCC(C)N1C(=O)c1ccnc(N)c1F. The van der Waals surface area contributed by atoms with Gasteiger partial charge in [-0.3, -0.25) is 4.79 Å². The molecule has 0 bridgehead atoms. The fraction of sp³-hybridized carbons (Fsp3) is 0.538. The van der Waals surface area contributed by atoms with Crippen LogP contribution in [-0.2, 0) is 0 Å². The van der Waals surface area contributed by atoms with Crippen molar-refractivity contribution < 1.29 is 9.18 Å². The molecule has 5 heteroatoms. The molecule has 2 atom stereocenters. The third-order valence-corrected chi connectivity index (χ3v) is 3.64. The zero-order valence-corrected chi connectivity index (χ0v) is 10.7. The van der Waals surface area contributed by atoms with Crippen LogP contribution in [0.1, 0.15) is 43.5 Å². The van der Waals surface area contributed by atoms with Gasteiger partial charge in [-0.15, -0.1) is 0 Å². The van der Waals surface area contributed by atoms with Crippen LogP contribution in [0.15, 0.2) is 12.3 Å². The fourth-order valence-electron chi connectivity index (χ4n) is 2.60. The maximum atomic E-state index is 13.8. The van der Waals surface area contributed by atoms with Gasteiger partial charge in [0.15, 0.2) is 11.6 Å². The second kappa shape index (κ2) is 4.92. The molecule has 2 rings (SSSR count). The van der Waals surface area contributed by atoms with Crippen LogP contribution in [0.5, 0.6) is 0 Å². The van der Waals surface area contributed by atoms with Gasteiger partial charge in [0.2, 0.25) is 0 Å². The van der Waals surface area contributed by atoms with Crippen molar-refractivity contribution in [2.75, 3.05) is 5.73 Å². The smallest absolute Gasteiger partial charge is 0.257 e. The summed E-state index contributed by atoms with van der Waals surface area (Å²) in [6.45, 7) is 4.04. The molecule has 18 heavy (non-hydrogen) atoms. The van der Waals surface area contributed by atoms with Gasteiger partial charge in [-0.1, -0.05) is 6.92 Å². The Morgan fingerprint density at radius 2 is 2.33 bits per heavy atom. The fourth-order valence-corrected chi connectivity index (χ4v) is 2.60. The summed E-state index contributed by atoms with van der Waals surface area (Å²) in [6, 6.07) is 1.74. The summed E-state index contributed by atoms with van der Waals surface area (Å²) >= 11 is 0. The molecule has 0 aliphatic carbocycles. The number of nitrogen functional groups attached to an aromatic ring is 1. The Hall–Kier alpha value is -1.65. The van der Waals surface area contributed by atoms with Crippen molar-refractivity contribution in [1.29, 1.82) is 0 Å². The number of likely N-dealkylation sites (tertiary alicyclic amines) is 1. The molecule has 1 aromatic rings. The normalized spacial score (nSPS) is 23.4. The van der Waals surface area contributed by atoms with Crippen LogP contribution in [0.2, 0.25) is 0 Å². The molecule has 4 nitrogen and oxygen atoms in total. The molecule has 0 aromatic carbocycles. The van der Waals surface area contributed by atoms with E-state index in [2.05, 4.69) is 4.98 Å². The summed E-state index contributed by atoms with van der Waals surface area (Å²) in [5, 5.41) is 0. The van der Waals surface area contributed by atoms with Gasteiger partial charge in [0, 0.05) is 18.3 Å². The van der Waals surface area contributed by atoms with E-state index < -0.39 is 5.82 Å². The van der Waals surface area contributed by atoms with Crippen LogP contribution in [-0.4, -0.2) is 27.9 Å². The van der Waals surface area contributed by atoms with Crippen molar-refractivity contribution >= 4 is 11.7 Å². The van der Waals surface area contributed by atoms with Gasteiger partial charge in [-0.25, -0.2) is 9.37 Å². The van der Waals surface area contributed by atoms with E-state index in [1.165, 1.54) is 12.3 Å². The number of hydrogen-bond acceptors (Lipinski definition) is 3. The van der Waals surface area contributed by atoms with Crippen LogP contribution in [0.4, 0.5) is 10.2 Å². The number of carbonyl (C=O) groups is 1. The van der Waals surface area contributed by atoms with Gasteiger partial charge in [0.05, 0.1) is 5.56 Å². The number of nitrogens with zero attached hydrogens (tertiary/aromatic N) is 2. The molecule has 1 aliphatic rings. The summed E-state index contributed by atoms with van der Waals surface area (Å²) in [4.78, 5) is 17.8. The van der Waals surface area contributed by atoms with Crippen LogP contribution in [0, 0.1) is 5.82 Å². The Balaban J connectivity index is 2.33. The Bertz CT molecular complexity index is 464. The van der Waals surface area contributed by atoms with Crippen LogP contribution < -0.4 is 5.73 Å². The molecule has 0 saturated carbocycles. The zero-order chi connectivity index (χ0) is 13.3. The molecular formula is C13H18FN3O. The number of rotatable bonds is 2. The first-order chi connectivity index (χ1) is 8.56. The number of amides is 1. The molecule has 1 fully saturated rings. The maximum Gasteiger partial charge on any atom is 0.257 e. The Morgan fingerprint density at radius 3 is 3.00 bits per heavy atom. The summed E-state index contributed by atoms with van der Waals surface area (Å²) in [6.07, 6.45) is 4.20. The first-order valence-corrected chi connectivity index (χ1v) is 6.28. The summed E-state index contributed by atoms with van der Waals surface area (Å²) in [5.74, 6) is -1.21. The molecule has 1 amide bonds. The predicted molar refractivity (Wildman–Crippen MR) is 67.6 cm³/mol. The van der Waals surface area contributed by atoms with Gasteiger partial charge in [0.25, 0.3) is 5.91 Å². The zero-order valence-electron chi connectivity index (χ0n) is 10.7. The molecular weight excluding hydrogens is 233 g/mol. The lowest BCUT2D eigenvalue weighted by atomic mass is 10.1. The van der Waals surface area contributed by atoms with Crippen LogP contribution in [0.3, 0.4) is 0 Å².